The third-order valence-corrected chi connectivity index (χ3v) is 5.17. The van der Waals surface area contributed by atoms with Crippen molar-refractivity contribution in [3.8, 4) is 0 Å². The van der Waals surface area contributed by atoms with Crippen molar-refractivity contribution in [1.29, 1.82) is 0 Å². The average molecular weight is 274 g/mol. The normalized spacial score (nSPS) is 31.1. The highest BCUT2D eigenvalue weighted by atomic mass is 19.1. The molecule has 106 valence electrons. The molecule has 1 aromatic rings. The number of nitrogens with one attached hydrogen (secondary N) is 2. The van der Waals surface area contributed by atoms with Gasteiger partial charge in [-0.3, -0.25) is 4.79 Å². The van der Waals surface area contributed by atoms with Gasteiger partial charge in [0.15, 0.2) is 0 Å². The van der Waals surface area contributed by atoms with Crippen molar-refractivity contribution < 1.29 is 9.18 Å². The molecule has 0 saturated heterocycles. The lowest BCUT2D eigenvalue weighted by Crippen LogP contribution is -2.27. The number of aryl methyl sites for hydroxylation is 1. The van der Waals surface area contributed by atoms with Gasteiger partial charge in [0, 0.05) is 18.2 Å². The lowest BCUT2D eigenvalue weighted by molar-refractivity contribution is -0.116. The van der Waals surface area contributed by atoms with Crippen LogP contribution < -0.4 is 10.6 Å². The summed E-state index contributed by atoms with van der Waals surface area (Å²) in [6.07, 6.45) is 6.14. The molecule has 3 atom stereocenters. The topological polar surface area (TPSA) is 41.1 Å². The van der Waals surface area contributed by atoms with Crippen molar-refractivity contribution in [2.24, 2.45) is 11.8 Å². The molecule has 4 heteroatoms. The smallest absolute Gasteiger partial charge is 0.224 e. The molecule has 1 heterocycles. The monoisotopic (exact) mass is 274 g/mol. The Bertz CT molecular complexity index is 572. The van der Waals surface area contributed by atoms with E-state index in [1.165, 1.54) is 19.3 Å². The van der Waals surface area contributed by atoms with Crippen molar-refractivity contribution in [3.05, 3.63) is 23.5 Å². The number of halogens is 1. The van der Waals surface area contributed by atoms with E-state index in [-0.39, 0.29) is 11.7 Å². The van der Waals surface area contributed by atoms with E-state index in [4.69, 9.17) is 0 Å². The average Bonchev–Trinajstić information content (AvgIpc) is 3.02. The number of fused-ring (bicyclic) bond motifs is 3. The number of benzene rings is 1. The second kappa shape index (κ2) is 4.47. The zero-order valence-electron chi connectivity index (χ0n) is 11.4. The van der Waals surface area contributed by atoms with Crippen molar-refractivity contribution in [2.75, 3.05) is 10.6 Å². The summed E-state index contributed by atoms with van der Waals surface area (Å²) < 4.78 is 14.2. The van der Waals surface area contributed by atoms with Crippen LogP contribution in [0.5, 0.6) is 0 Å². The maximum Gasteiger partial charge on any atom is 0.224 e. The van der Waals surface area contributed by atoms with Crippen LogP contribution in [0, 0.1) is 17.7 Å². The van der Waals surface area contributed by atoms with Gasteiger partial charge in [-0.25, -0.2) is 4.39 Å². The number of hydrogen-bond acceptors (Lipinski definition) is 2. The van der Waals surface area contributed by atoms with Gasteiger partial charge < -0.3 is 10.6 Å². The molecule has 0 spiro atoms. The van der Waals surface area contributed by atoms with Gasteiger partial charge in [-0.1, -0.05) is 6.42 Å². The summed E-state index contributed by atoms with van der Waals surface area (Å²) in [5, 5.41) is 6.22. The highest BCUT2D eigenvalue weighted by molar-refractivity contribution is 5.94. The Labute approximate surface area is 117 Å². The van der Waals surface area contributed by atoms with Gasteiger partial charge >= 0.3 is 0 Å². The zero-order valence-corrected chi connectivity index (χ0v) is 11.4. The van der Waals surface area contributed by atoms with E-state index < -0.39 is 0 Å². The van der Waals surface area contributed by atoms with Gasteiger partial charge in [-0.2, -0.15) is 0 Å². The Morgan fingerprint density at radius 2 is 2.10 bits per heavy atom. The maximum absolute atomic E-state index is 14.2. The first kappa shape index (κ1) is 12.2. The molecule has 1 amide bonds. The first-order valence-electron chi connectivity index (χ1n) is 7.58. The van der Waals surface area contributed by atoms with Crippen molar-refractivity contribution >= 4 is 17.3 Å². The van der Waals surface area contributed by atoms with E-state index >= 15 is 0 Å². The Morgan fingerprint density at radius 1 is 1.20 bits per heavy atom. The number of carbonyl (C=O) groups is 1. The van der Waals surface area contributed by atoms with Crippen LogP contribution in [-0.2, 0) is 11.2 Å². The first-order valence-corrected chi connectivity index (χ1v) is 7.58. The van der Waals surface area contributed by atoms with Crippen LogP contribution in [0.1, 0.15) is 37.7 Å². The fourth-order valence-corrected chi connectivity index (χ4v) is 4.13. The van der Waals surface area contributed by atoms with Crippen LogP contribution in [0.3, 0.4) is 0 Å². The van der Waals surface area contributed by atoms with Crippen LogP contribution in [0.15, 0.2) is 12.1 Å². The predicted molar refractivity (Wildman–Crippen MR) is 76.2 cm³/mol. The summed E-state index contributed by atoms with van der Waals surface area (Å²) in [6.45, 7) is 0. The number of amides is 1. The van der Waals surface area contributed by atoms with Gasteiger partial charge in [0.2, 0.25) is 5.91 Å². The van der Waals surface area contributed by atoms with Crippen LogP contribution in [0.25, 0.3) is 0 Å². The van der Waals surface area contributed by atoms with Crippen molar-refractivity contribution in [2.45, 2.75) is 44.6 Å². The van der Waals surface area contributed by atoms with E-state index in [0.29, 0.717) is 30.5 Å². The lowest BCUT2D eigenvalue weighted by atomic mass is 9.94. The summed E-state index contributed by atoms with van der Waals surface area (Å²) >= 11 is 0. The highest BCUT2D eigenvalue weighted by Crippen LogP contribution is 2.46. The molecular weight excluding hydrogens is 255 g/mol. The largest absolute Gasteiger partial charge is 0.380 e. The minimum Gasteiger partial charge on any atom is -0.380 e. The Hall–Kier alpha value is -1.58. The third kappa shape index (κ3) is 1.98. The van der Waals surface area contributed by atoms with E-state index in [2.05, 4.69) is 10.6 Å². The summed E-state index contributed by atoms with van der Waals surface area (Å²) in [7, 11) is 0. The van der Waals surface area contributed by atoms with Gasteiger partial charge in [0.05, 0.1) is 5.69 Å². The molecule has 0 radical (unpaired) electrons. The molecule has 3 aliphatic rings. The fraction of sp³-hybridized carbons (Fsp3) is 0.562. The number of rotatable bonds is 2. The lowest BCUT2D eigenvalue weighted by Gasteiger charge is -2.25. The first-order chi connectivity index (χ1) is 9.69. The molecule has 3 unspecified atom stereocenters. The zero-order chi connectivity index (χ0) is 13.7. The molecule has 2 bridgehead atoms. The maximum atomic E-state index is 14.2. The summed E-state index contributed by atoms with van der Waals surface area (Å²) in [6, 6.07) is 3.75. The molecule has 2 N–H and O–H groups in total. The summed E-state index contributed by atoms with van der Waals surface area (Å²) in [5.74, 6) is 1.36. The minimum absolute atomic E-state index is 0.0231. The molecule has 4 rings (SSSR count). The summed E-state index contributed by atoms with van der Waals surface area (Å²) in [4.78, 5) is 11.4. The Morgan fingerprint density at radius 3 is 2.85 bits per heavy atom. The molecule has 1 aliphatic heterocycles. The second-order valence-corrected chi connectivity index (χ2v) is 6.46. The predicted octanol–water partition coefficient (Wildman–Crippen LogP) is 3.31. The summed E-state index contributed by atoms with van der Waals surface area (Å²) in [5.41, 5.74) is 2.22. The number of anilines is 2. The molecule has 1 aromatic carbocycles. The quantitative estimate of drug-likeness (QED) is 0.868. The van der Waals surface area contributed by atoms with Crippen LogP contribution in [0.2, 0.25) is 0 Å². The van der Waals surface area contributed by atoms with E-state index in [0.717, 1.165) is 23.6 Å². The molecule has 2 aliphatic carbocycles. The Kier molecular flexibility index (Phi) is 2.72. The third-order valence-electron chi connectivity index (χ3n) is 5.17. The molecule has 2 saturated carbocycles. The second-order valence-electron chi connectivity index (χ2n) is 6.46. The van der Waals surface area contributed by atoms with Crippen molar-refractivity contribution in [3.63, 3.8) is 0 Å². The van der Waals surface area contributed by atoms with E-state index in [9.17, 15) is 9.18 Å². The molecular formula is C16H19FN2O. The van der Waals surface area contributed by atoms with Gasteiger partial charge in [0.25, 0.3) is 0 Å². The van der Waals surface area contributed by atoms with Gasteiger partial charge in [0.1, 0.15) is 5.82 Å². The van der Waals surface area contributed by atoms with Crippen LogP contribution in [0.4, 0.5) is 15.8 Å². The van der Waals surface area contributed by atoms with Gasteiger partial charge in [-0.15, -0.1) is 0 Å². The molecule has 0 aromatic heterocycles. The minimum atomic E-state index is -0.192. The highest BCUT2D eigenvalue weighted by Gasteiger charge is 2.39. The van der Waals surface area contributed by atoms with E-state index in [1.807, 2.05) is 0 Å². The molecule has 3 nitrogen and oxygen atoms in total. The van der Waals surface area contributed by atoms with Gasteiger partial charge in [-0.05, 0) is 55.2 Å². The van der Waals surface area contributed by atoms with Crippen LogP contribution >= 0.6 is 0 Å². The molecule has 2 fully saturated rings. The standard InChI is InChI=1S/C16H19FN2O/c17-12-7-11-3-4-16(20)19-14(11)8-15(12)18-13-6-9-1-2-10(13)5-9/h7-10,13,18H,1-6H2,(H,19,20). The number of hydrogen-bond donors (Lipinski definition) is 2. The molecule has 20 heavy (non-hydrogen) atoms. The van der Waals surface area contributed by atoms with Crippen LogP contribution in [-0.4, -0.2) is 11.9 Å². The van der Waals surface area contributed by atoms with E-state index in [1.54, 1.807) is 12.1 Å². The fourth-order valence-electron chi connectivity index (χ4n) is 4.13. The number of carbonyl (C=O) groups excluding carboxylic acids is 1. The SMILES string of the molecule is O=C1CCc2cc(F)c(NC3CC4CCC3C4)cc2N1. The van der Waals surface area contributed by atoms with Crippen molar-refractivity contribution in [1.82, 2.24) is 0 Å². The Balaban J connectivity index is 1.58.